The monoisotopic (exact) mass is 710 g/mol. The molecule has 2 unspecified atom stereocenters. The molecule has 13 heteroatoms. The molecule has 0 saturated carbocycles. The minimum absolute atomic E-state index is 0.00359. The van der Waals surface area contributed by atoms with Gasteiger partial charge in [0, 0.05) is 50.0 Å². The Labute approximate surface area is 269 Å². The van der Waals surface area contributed by atoms with E-state index in [2.05, 4.69) is 15.9 Å². The third-order valence-electron chi connectivity index (χ3n) is 7.07. The number of methoxy groups -OCH3 is 2. The molecule has 0 fully saturated rings. The molecule has 2 atom stereocenters. The van der Waals surface area contributed by atoms with Gasteiger partial charge in [-0.3, -0.25) is 14.4 Å². The molecule has 2 aromatic heterocycles. The molecule has 236 valence electrons. The maximum atomic E-state index is 15.5. The molecule has 2 N–H and O–H groups in total. The highest BCUT2D eigenvalue weighted by Crippen LogP contribution is 2.45. The molecule has 0 aliphatic heterocycles. The van der Waals surface area contributed by atoms with Crippen LogP contribution in [0, 0.1) is 17.7 Å². The average Bonchev–Trinajstić information content (AvgIpc) is 3.61. The number of carboxylic acid groups (broad SMARTS) is 2. The van der Waals surface area contributed by atoms with Gasteiger partial charge in [0.1, 0.15) is 0 Å². The Morgan fingerprint density at radius 3 is 2.07 bits per heavy atom. The minimum atomic E-state index is -1.02. The van der Waals surface area contributed by atoms with Crippen LogP contribution >= 0.6 is 38.6 Å². The van der Waals surface area contributed by atoms with E-state index in [1.807, 2.05) is 0 Å². The first-order valence-corrected chi connectivity index (χ1v) is 16.2. The number of hydrogen-bond acceptors (Lipinski definition) is 9. The Bertz CT molecular complexity index is 1700. The molecule has 0 saturated heterocycles. The number of carboxylic acids is 2. The van der Waals surface area contributed by atoms with Crippen molar-refractivity contribution in [2.75, 3.05) is 27.4 Å². The van der Waals surface area contributed by atoms with Crippen LogP contribution in [0.5, 0.6) is 23.0 Å². The largest absolute Gasteiger partial charge is 0.493 e. The van der Waals surface area contributed by atoms with Crippen molar-refractivity contribution in [3.05, 3.63) is 44.3 Å². The van der Waals surface area contributed by atoms with Gasteiger partial charge >= 0.3 is 11.9 Å². The van der Waals surface area contributed by atoms with Gasteiger partial charge in [0.15, 0.2) is 34.6 Å². The third kappa shape index (κ3) is 7.44. The number of carbonyl (C=O) groups is 3. The van der Waals surface area contributed by atoms with Gasteiger partial charge in [0.05, 0.1) is 48.6 Å². The molecule has 2 heterocycles. The molecule has 9 nitrogen and oxygen atoms in total. The fraction of sp³-hybridized carbons (Fsp3) is 0.387. The predicted octanol–water partition coefficient (Wildman–Crippen LogP) is 7.83. The quantitative estimate of drug-likeness (QED) is 0.0883. The number of halogens is 2. The first-order valence-electron chi connectivity index (χ1n) is 13.8. The summed E-state index contributed by atoms with van der Waals surface area (Å²) in [5, 5.41) is 19.4. The molecule has 44 heavy (non-hydrogen) atoms. The minimum Gasteiger partial charge on any atom is -0.493 e. The van der Waals surface area contributed by atoms with Crippen LogP contribution in [0.25, 0.3) is 20.2 Å². The smallest absolute Gasteiger partial charge is 0.306 e. The normalized spacial score (nSPS) is 12.7. The Balaban J connectivity index is 1.42. The lowest BCUT2D eigenvalue weighted by atomic mass is 10.0. The van der Waals surface area contributed by atoms with Crippen LogP contribution in [-0.4, -0.2) is 55.4 Å². The predicted molar refractivity (Wildman–Crippen MR) is 171 cm³/mol. The maximum Gasteiger partial charge on any atom is 0.306 e. The fourth-order valence-electron chi connectivity index (χ4n) is 4.44. The second kappa shape index (κ2) is 14.6. The van der Waals surface area contributed by atoms with E-state index in [4.69, 9.17) is 29.2 Å². The van der Waals surface area contributed by atoms with E-state index in [9.17, 15) is 14.4 Å². The standard InChI is InChI=1S/C31H32BrFO9S2/c1-15(30(35)36)6-7-17-11-19-24(43-17)14-22(40-4)29(27(19)33)42-9-5-8-41-28-21(39-3)13-23-18(26(28)32)12-25(44-23)20(34)10-16(2)31(37)38/h11-16H,5-10H2,1-4H3,(H,35,36)(H,37,38). The van der Waals surface area contributed by atoms with Crippen molar-refractivity contribution in [2.24, 2.45) is 11.8 Å². The molecule has 0 bridgehead atoms. The molecular formula is C31H32BrFO9S2. The number of carbonyl (C=O) groups excluding carboxylic acids is 1. The van der Waals surface area contributed by atoms with Crippen molar-refractivity contribution in [1.82, 2.24) is 0 Å². The summed E-state index contributed by atoms with van der Waals surface area (Å²) in [5.41, 5.74) is 0. The average molecular weight is 712 g/mol. The first-order chi connectivity index (χ1) is 20.9. The van der Waals surface area contributed by atoms with Crippen molar-refractivity contribution in [3.8, 4) is 23.0 Å². The Hall–Kier alpha value is -3.42. The topological polar surface area (TPSA) is 129 Å². The second-order valence-corrected chi connectivity index (χ2v) is 13.3. The Morgan fingerprint density at radius 1 is 0.864 bits per heavy atom. The number of rotatable bonds is 16. The molecular weight excluding hydrogens is 679 g/mol. The number of thiophene rings is 2. The lowest BCUT2D eigenvalue weighted by Crippen LogP contribution is -2.13. The van der Waals surface area contributed by atoms with Crippen molar-refractivity contribution in [3.63, 3.8) is 0 Å². The zero-order chi connectivity index (χ0) is 32.1. The summed E-state index contributed by atoms with van der Waals surface area (Å²) < 4.78 is 40.3. The number of fused-ring (bicyclic) bond motifs is 2. The first kappa shape index (κ1) is 33.5. The highest BCUT2D eigenvalue weighted by molar-refractivity contribution is 9.10. The Kier molecular flexibility index (Phi) is 11.1. The summed E-state index contributed by atoms with van der Waals surface area (Å²) in [6.45, 7) is 3.49. The summed E-state index contributed by atoms with van der Waals surface area (Å²) in [4.78, 5) is 36.3. The van der Waals surface area contributed by atoms with E-state index >= 15 is 4.39 Å². The number of aryl methyl sites for hydroxylation is 1. The third-order valence-corrected chi connectivity index (χ3v) is 10.1. The maximum absolute atomic E-state index is 15.5. The fourth-order valence-corrected chi connectivity index (χ4v) is 7.36. The summed E-state index contributed by atoms with van der Waals surface area (Å²) in [6, 6.07) is 6.93. The van der Waals surface area contributed by atoms with Gasteiger partial charge in [-0.15, -0.1) is 22.7 Å². The van der Waals surface area contributed by atoms with E-state index in [0.717, 1.165) is 15.0 Å². The number of aliphatic carboxylic acids is 2. The van der Waals surface area contributed by atoms with E-state index in [1.54, 1.807) is 31.2 Å². The number of ether oxygens (including phenoxy) is 4. The van der Waals surface area contributed by atoms with Gasteiger partial charge in [-0.2, -0.15) is 0 Å². The summed E-state index contributed by atoms with van der Waals surface area (Å²) >= 11 is 6.22. The number of hydrogen-bond donors (Lipinski definition) is 2. The molecule has 2 aromatic carbocycles. The van der Waals surface area contributed by atoms with Gasteiger partial charge in [-0.25, -0.2) is 4.39 Å². The van der Waals surface area contributed by atoms with Crippen molar-refractivity contribution in [1.29, 1.82) is 0 Å². The van der Waals surface area contributed by atoms with Crippen LogP contribution in [0.15, 0.2) is 28.7 Å². The zero-order valence-corrected chi connectivity index (χ0v) is 27.8. The Morgan fingerprint density at radius 2 is 1.45 bits per heavy atom. The summed E-state index contributed by atoms with van der Waals surface area (Å²) in [7, 11) is 2.95. The van der Waals surface area contributed by atoms with Crippen LogP contribution in [0.3, 0.4) is 0 Å². The van der Waals surface area contributed by atoms with Gasteiger partial charge in [-0.1, -0.05) is 13.8 Å². The molecule has 0 spiro atoms. The van der Waals surface area contributed by atoms with E-state index in [-0.39, 0.29) is 36.9 Å². The zero-order valence-electron chi connectivity index (χ0n) is 24.5. The van der Waals surface area contributed by atoms with Crippen LogP contribution < -0.4 is 18.9 Å². The SMILES string of the molecule is COc1cc2sc(CCC(C)C(=O)O)cc2c(F)c1OCCCOc1c(OC)cc2sc(C(=O)CC(C)C(=O)O)cc2c1Br. The van der Waals surface area contributed by atoms with E-state index in [0.29, 0.717) is 50.2 Å². The van der Waals surface area contributed by atoms with Gasteiger partial charge in [0.2, 0.25) is 0 Å². The van der Waals surface area contributed by atoms with Crippen molar-refractivity contribution < 1.29 is 47.9 Å². The molecule has 0 aliphatic carbocycles. The highest BCUT2D eigenvalue weighted by Gasteiger charge is 2.23. The number of ketones is 1. The van der Waals surface area contributed by atoms with Crippen LogP contribution in [0.2, 0.25) is 0 Å². The van der Waals surface area contributed by atoms with E-state index in [1.165, 1.54) is 43.8 Å². The van der Waals surface area contributed by atoms with Gasteiger partial charge in [0.25, 0.3) is 0 Å². The van der Waals surface area contributed by atoms with Gasteiger partial charge in [-0.05, 0) is 40.9 Å². The van der Waals surface area contributed by atoms with Crippen molar-refractivity contribution >= 4 is 76.5 Å². The van der Waals surface area contributed by atoms with Gasteiger partial charge < -0.3 is 29.2 Å². The number of benzene rings is 2. The summed E-state index contributed by atoms with van der Waals surface area (Å²) in [5.74, 6) is -2.80. The summed E-state index contributed by atoms with van der Waals surface area (Å²) in [6.07, 6.45) is 1.28. The van der Waals surface area contributed by atoms with Crippen molar-refractivity contribution in [2.45, 2.75) is 39.5 Å². The molecule has 4 rings (SSSR count). The molecule has 4 aromatic rings. The number of Topliss-reactive ketones (excluding diaryl/α,β-unsaturated/α-hetero) is 1. The molecule has 0 radical (unpaired) electrons. The second-order valence-electron chi connectivity index (χ2n) is 10.3. The lowest BCUT2D eigenvalue weighted by molar-refractivity contribution is -0.142. The highest BCUT2D eigenvalue weighted by atomic mass is 79.9. The molecule has 0 aliphatic rings. The van der Waals surface area contributed by atoms with Crippen LogP contribution in [-0.2, 0) is 16.0 Å². The lowest BCUT2D eigenvalue weighted by Gasteiger charge is -2.15. The van der Waals surface area contributed by atoms with Crippen LogP contribution in [0.4, 0.5) is 4.39 Å². The van der Waals surface area contributed by atoms with E-state index < -0.39 is 29.6 Å². The van der Waals surface area contributed by atoms with Crippen LogP contribution in [0.1, 0.15) is 47.7 Å². The molecule has 0 amide bonds.